The van der Waals surface area contributed by atoms with Crippen LogP contribution < -0.4 is 33.6 Å². The molecule has 0 bridgehead atoms. The average Bonchev–Trinajstić information content (AvgIpc) is 3.27. The van der Waals surface area contributed by atoms with E-state index in [2.05, 4.69) is 60.5 Å². The van der Waals surface area contributed by atoms with Gasteiger partial charge in [0.25, 0.3) is 11.8 Å². The van der Waals surface area contributed by atoms with Crippen molar-refractivity contribution in [2.24, 2.45) is 21.5 Å². The Labute approximate surface area is 372 Å². The molecule has 4 aromatic heterocycles. The number of hydrogen-bond acceptors (Lipinski definition) is 14. The Morgan fingerprint density at radius 1 is 0.547 bits per heavy atom. The number of aliphatic imine (C=N–C) groups is 2. The molecule has 330 valence electrons. The first-order valence-corrected chi connectivity index (χ1v) is 21.1. The molecule has 0 aliphatic heterocycles. The van der Waals surface area contributed by atoms with Gasteiger partial charge in [0, 0.05) is 49.0 Å². The zero-order valence-electron chi connectivity index (χ0n) is 36.7. The Hall–Kier alpha value is -7.76. The lowest BCUT2D eigenvalue weighted by atomic mass is 9.63. The second-order valence-electron chi connectivity index (χ2n) is 15.4. The number of nitrogen functional groups attached to an aromatic ring is 2. The quantitative estimate of drug-likeness (QED) is 0.0628. The van der Waals surface area contributed by atoms with E-state index in [1.165, 1.54) is 24.8 Å². The molecule has 18 nitrogen and oxygen atoms in total. The normalized spacial score (nSPS) is 14.9. The highest BCUT2D eigenvalue weighted by atomic mass is 16.2. The Morgan fingerprint density at radius 2 is 0.922 bits per heavy atom. The molecule has 2 aliphatic carbocycles. The van der Waals surface area contributed by atoms with Crippen LogP contribution in [0.1, 0.15) is 98.3 Å². The predicted octanol–water partition coefficient (Wildman–Crippen LogP) is 6.16. The summed E-state index contributed by atoms with van der Waals surface area (Å²) >= 11 is 0. The van der Waals surface area contributed by atoms with E-state index >= 15 is 0 Å². The van der Waals surface area contributed by atoms with Crippen molar-refractivity contribution in [2.45, 2.75) is 83.1 Å². The van der Waals surface area contributed by atoms with Crippen molar-refractivity contribution in [3.05, 3.63) is 121 Å². The monoisotopic (exact) mass is 862 g/mol. The fourth-order valence-corrected chi connectivity index (χ4v) is 7.31. The number of nitrogens with zero attached hydrogens (tertiary/aromatic N) is 10. The maximum Gasteiger partial charge on any atom is 0.298 e. The third kappa shape index (κ3) is 10.3. The molecular weight excluding hydrogens is 809 g/mol. The standard InChI is InChI=1S/C23H26N8O.C21H22N8O.C2H6/c1-14(2)30-19-13-26-18(12-27-19)20(32)31-21(24)23(8-3-9-23)17-6-4-15(5-7-17)16-10-28-22(25)29-11-16;1-24-17-12-25-16(11-26-17)18(30)29-19(22)21(7-2-8-21)15-5-3-13(4-6-15)14-9-27-20(23)28-10-14;1-2/h4-7,10-14H,3,8-9H2,1-2H3,(H,27,30)(H2,24,31,32)(H2,25,28,29);3-6,9-12H,2,7-8H2,1H3,(H,24,26)(H2,22,29,30)(H2,23,27,28);1-2H3. The van der Waals surface area contributed by atoms with Gasteiger partial charge in [-0.25, -0.2) is 39.9 Å². The zero-order valence-corrected chi connectivity index (χ0v) is 36.7. The summed E-state index contributed by atoms with van der Waals surface area (Å²) in [5.74, 6) is 1.29. The number of nitrogens with two attached hydrogens (primary N) is 4. The predicted molar refractivity (Wildman–Crippen MR) is 250 cm³/mol. The van der Waals surface area contributed by atoms with Crippen LogP contribution in [0.4, 0.5) is 23.5 Å². The van der Waals surface area contributed by atoms with E-state index in [-0.39, 0.29) is 29.3 Å². The number of hydrogen-bond donors (Lipinski definition) is 6. The number of anilines is 4. The lowest BCUT2D eigenvalue weighted by Gasteiger charge is -2.41. The van der Waals surface area contributed by atoms with Crippen LogP contribution in [0.3, 0.4) is 0 Å². The van der Waals surface area contributed by atoms with Crippen molar-refractivity contribution in [2.75, 3.05) is 29.1 Å². The summed E-state index contributed by atoms with van der Waals surface area (Å²) in [6, 6.07) is 16.2. The summed E-state index contributed by atoms with van der Waals surface area (Å²) in [4.78, 5) is 66.3. The maximum absolute atomic E-state index is 12.7. The first-order chi connectivity index (χ1) is 30.9. The molecule has 2 amide bonds. The molecule has 0 radical (unpaired) electrons. The first kappa shape index (κ1) is 45.8. The van der Waals surface area contributed by atoms with E-state index in [0.717, 1.165) is 71.9 Å². The number of carbonyl (C=O) groups excluding carboxylic acids is 2. The molecule has 8 rings (SSSR count). The van der Waals surface area contributed by atoms with Gasteiger partial charge >= 0.3 is 0 Å². The van der Waals surface area contributed by atoms with Crippen LogP contribution in [0, 0.1) is 0 Å². The van der Waals surface area contributed by atoms with Gasteiger partial charge in [-0.2, -0.15) is 9.98 Å². The number of amides is 2. The molecule has 10 N–H and O–H groups in total. The van der Waals surface area contributed by atoms with Crippen LogP contribution in [0.25, 0.3) is 22.3 Å². The van der Waals surface area contributed by atoms with Crippen LogP contribution in [0.15, 0.2) is 108 Å². The molecule has 0 saturated heterocycles. The van der Waals surface area contributed by atoms with E-state index in [4.69, 9.17) is 22.9 Å². The van der Waals surface area contributed by atoms with Gasteiger partial charge in [-0.15, -0.1) is 0 Å². The minimum Gasteiger partial charge on any atom is -0.386 e. The topological polar surface area (TPSA) is 290 Å². The second-order valence-corrected chi connectivity index (χ2v) is 15.4. The number of aromatic nitrogens is 8. The van der Waals surface area contributed by atoms with Crippen molar-refractivity contribution in [3.63, 3.8) is 0 Å². The number of amidine groups is 2. The molecule has 2 aromatic carbocycles. The third-order valence-electron chi connectivity index (χ3n) is 11.2. The van der Waals surface area contributed by atoms with E-state index < -0.39 is 22.6 Å². The van der Waals surface area contributed by atoms with Gasteiger partial charge in [-0.05, 0) is 61.8 Å². The minimum atomic E-state index is -0.496. The SMILES string of the molecule is CC.CC(C)Nc1cnc(C(=O)N=C(N)C2(c3ccc(-c4cnc(N)nc4)cc3)CCC2)cn1.CNc1cnc(C(=O)N=C(N)C2(c3ccc(-c4cnc(N)nc4)cc3)CCC2)cn1. The van der Waals surface area contributed by atoms with Gasteiger partial charge in [-0.3, -0.25) is 9.59 Å². The van der Waals surface area contributed by atoms with Crippen molar-refractivity contribution in [1.29, 1.82) is 0 Å². The molecule has 64 heavy (non-hydrogen) atoms. The Morgan fingerprint density at radius 3 is 1.22 bits per heavy atom. The average molecular weight is 863 g/mol. The molecule has 0 unspecified atom stereocenters. The minimum absolute atomic E-state index is 0.158. The van der Waals surface area contributed by atoms with E-state index in [1.54, 1.807) is 31.8 Å². The van der Waals surface area contributed by atoms with Crippen molar-refractivity contribution in [3.8, 4) is 22.3 Å². The molecule has 18 heteroatoms. The largest absolute Gasteiger partial charge is 0.386 e. The lowest BCUT2D eigenvalue weighted by molar-refractivity contribution is 0.0988. The Kier molecular flexibility index (Phi) is 14.6. The van der Waals surface area contributed by atoms with Crippen LogP contribution in [0.2, 0.25) is 0 Å². The van der Waals surface area contributed by atoms with Gasteiger partial charge in [0.05, 0.1) is 35.6 Å². The fraction of sp³-hybridized carbons (Fsp3) is 0.304. The van der Waals surface area contributed by atoms with Crippen molar-refractivity contribution in [1.82, 2.24) is 39.9 Å². The van der Waals surface area contributed by atoms with Gasteiger partial charge in [0.15, 0.2) is 0 Å². The van der Waals surface area contributed by atoms with Crippen LogP contribution in [-0.4, -0.2) is 76.4 Å². The summed E-state index contributed by atoms with van der Waals surface area (Å²) in [7, 11) is 1.73. The van der Waals surface area contributed by atoms with Gasteiger partial charge in [0.2, 0.25) is 11.9 Å². The first-order valence-electron chi connectivity index (χ1n) is 21.1. The van der Waals surface area contributed by atoms with Gasteiger partial charge in [-0.1, -0.05) is 75.2 Å². The Balaban J connectivity index is 0.000000205. The van der Waals surface area contributed by atoms with E-state index in [0.29, 0.717) is 23.3 Å². The van der Waals surface area contributed by atoms with Gasteiger partial charge < -0.3 is 33.6 Å². The second kappa shape index (κ2) is 20.4. The van der Waals surface area contributed by atoms with Crippen LogP contribution in [0.5, 0.6) is 0 Å². The molecule has 2 aliphatic rings. The number of benzene rings is 2. The van der Waals surface area contributed by atoms with E-state index in [9.17, 15) is 9.59 Å². The number of nitrogens with one attached hydrogen (secondary N) is 2. The highest BCUT2D eigenvalue weighted by Gasteiger charge is 2.44. The van der Waals surface area contributed by atoms with Crippen LogP contribution >= 0.6 is 0 Å². The number of rotatable bonds is 11. The summed E-state index contributed by atoms with van der Waals surface area (Å²) in [5.41, 5.74) is 29.0. The highest BCUT2D eigenvalue weighted by molar-refractivity contribution is 6.06. The molecule has 0 spiro atoms. The smallest absolute Gasteiger partial charge is 0.298 e. The maximum atomic E-state index is 12.7. The molecule has 2 saturated carbocycles. The summed E-state index contributed by atoms with van der Waals surface area (Å²) in [6.07, 6.45) is 18.0. The summed E-state index contributed by atoms with van der Waals surface area (Å²) in [5, 5.41) is 5.99. The third-order valence-corrected chi connectivity index (χ3v) is 11.2. The molecular formula is C46H54N16O2. The van der Waals surface area contributed by atoms with Crippen molar-refractivity contribution >= 4 is 47.0 Å². The van der Waals surface area contributed by atoms with Crippen molar-refractivity contribution < 1.29 is 9.59 Å². The van der Waals surface area contributed by atoms with Crippen LogP contribution in [-0.2, 0) is 10.8 Å². The number of carbonyl (C=O) groups is 2. The molecule has 4 heterocycles. The molecule has 2 fully saturated rings. The molecule has 6 aromatic rings. The summed E-state index contributed by atoms with van der Waals surface area (Å²) < 4.78 is 0. The molecule has 0 atom stereocenters. The van der Waals surface area contributed by atoms with Gasteiger partial charge in [0.1, 0.15) is 34.7 Å². The lowest BCUT2D eigenvalue weighted by Crippen LogP contribution is -2.47. The fourth-order valence-electron chi connectivity index (χ4n) is 7.31. The highest BCUT2D eigenvalue weighted by Crippen LogP contribution is 2.45. The Bertz CT molecular complexity index is 2550. The zero-order chi connectivity index (χ0) is 45.9. The van der Waals surface area contributed by atoms with E-state index in [1.807, 2.05) is 76.2 Å². The summed E-state index contributed by atoms with van der Waals surface area (Å²) in [6.45, 7) is 8.00.